The van der Waals surface area contributed by atoms with Crippen molar-refractivity contribution >= 4 is 21.8 Å². The lowest BCUT2D eigenvalue weighted by Crippen LogP contribution is -2.49. The first-order chi connectivity index (χ1) is 13.0. The fourth-order valence-electron chi connectivity index (χ4n) is 3.46. The normalized spacial score (nSPS) is 22.1. The first-order valence-corrected chi connectivity index (χ1v) is 10.7. The van der Waals surface area contributed by atoms with Gasteiger partial charge in [0.25, 0.3) is 15.9 Å². The van der Waals surface area contributed by atoms with Crippen LogP contribution < -0.4 is 0 Å². The van der Waals surface area contributed by atoms with Crippen LogP contribution in [0.2, 0.25) is 0 Å². The molecule has 0 N–H and O–H groups in total. The van der Waals surface area contributed by atoms with Gasteiger partial charge in [0.2, 0.25) is 0 Å². The third-order valence-electron chi connectivity index (χ3n) is 4.98. The van der Waals surface area contributed by atoms with E-state index in [0.29, 0.717) is 31.0 Å². The summed E-state index contributed by atoms with van der Waals surface area (Å²) >= 11 is 0. The van der Waals surface area contributed by atoms with Gasteiger partial charge in [-0.15, -0.1) is 4.40 Å². The average Bonchev–Trinajstić information content (AvgIpc) is 2.68. The molecule has 3 heterocycles. The molecule has 0 aromatic heterocycles. The van der Waals surface area contributed by atoms with Gasteiger partial charge in [-0.25, -0.2) is 8.42 Å². The van der Waals surface area contributed by atoms with Crippen LogP contribution in [0.15, 0.2) is 58.7 Å². The summed E-state index contributed by atoms with van der Waals surface area (Å²) in [5.41, 5.74) is 1.85. The second-order valence-electron chi connectivity index (χ2n) is 6.90. The quantitative estimate of drug-likeness (QED) is 0.769. The third-order valence-corrected chi connectivity index (χ3v) is 6.14. The van der Waals surface area contributed by atoms with Gasteiger partial charge in [-0.1, -0.05) is 30.3 Å². The van der Waals surface area contributed by atoms with Crippen molar-refractivity contribution in [3.05, 3.63) is 59.8 Å². The van der Waals surface area contributed by atoms with Crippen molar-refractivity contribution in [2.75, 3.05) is 38.5 Å². The van der Waals surface area contributed by atoms with Crippen molar-refractivity contribution in [2.45, 2.75) is 6.54 Å². The summed E-state index contributed by atoms with van der Waals surface area (Å²) in [7, 11) is -3.38. The number of amidine groups is 1. The van der Waals surface area contributed by atoms with Crippen LogP contribution in [-0.4, -0.2) is 73.3 Å². The minimum atomic E-state index is -3.38. The van der Waals surface area contributed by atoms with Gasteiger partial charge in [-0.2, -0.15) is 0 Å². The van der Waals surface area contributed by atoms with Gasteiger partial charge in [0.15, 0.2) is 0 Å². The Morgan fingerprint density at radius 1 is 1.00 bits per heavy atom. The summed E-state index contributed by atoms with van der Waals surface area (Å²) in [5, 5.41) is 0. The lowest BCUT2D eigenvalue weighted by Gasteiger charge is -2.35. The van der Waals surface area contributed by atoms with Crippen molar-refractivity contribution in [2.24, 2.45) is 4.40 Å². The van der Waals surface area contributed by atoms with Crippen LogP contribution >= 0.6 is 0 Å². The smallest absolute Gasteiger partial charge is 0.256 e. The zero-order chi connectivity index (χ0) is 18.9. The van der Waals surface area contributed by atoms with Crippen molar-refractivity contribution in [3.63, 3.8) is 0 Å². The minimum absolute atomic E-state index is 0.0157. The Morgan fingerprint density at radius 3 is 2.48 bits per heavy atom. The van der Waals surface area contributed by atoms with Gasteiger partial charge >= 0.3 is 0 Å². The summed E-state index contributed by atoms with van der Waals surface area (Å²) in [6, 6.07) is 10.3. The van der Waals surface area contributed by atoms with Crippen molar-refractivity contribution < 1.29 is 13.2 Å². The minimum Gasteiger partial charge on any atom is -0.336 e. The third kappa shape index (κ3) is 4.12. The highest BCUT2D eigenvalue weighted by Crippen LogP contribution is 2.18. The van der Waals surface area contributed by atoms with Gasteiger partial charge in [-0.05, 0) is 17.7 Å². The fourth-order valence-corrected chi connectivity index (χ4v) is 4.43. The molecule has 4 rings (SSSR count). The molecule has 0 atom stereocenters. The number of hydrogen-bond donors (Lipinski definition) is 0. The van der Waals surface area contributed by atoms with Gasteiger partial charge in [-0.3, -0.25) is 9.69 Å². The zero-order valence-corrected chi connectivity index (χ0v) is 15.8. The maximum atomic E-state index is 12.8. The molecule has 0 radical (unpaired) electrons. The number of sulfonamides is 1. The molecule has 3 aliphatic rings. The van der Waals surface area contributed by atoms with E-state index >= 15 is 0 Å². The molecule has 7 nitrogen and oxygen atoms in total. The second-order valence-corrected chi connectivity index (χ2v) is 8.66. The Bertz CT molecular complexity index is 914. The lowest BCUT2D eigenvalue weighted by atomic mass is 10.1. The van der Waals surface area contributed by atoms with E-state index in [0.717, 1.165) is 19.6 Å². The molecule has 27 heavy (non-hydrogen) atoms. The SMILES string of the molecule is O=C(C1=CN2CCS(=O)(=O)N=C2C=C1)N1CCN(Cc2ccccc2)CC1. The first-order valence-electron chi connectivity index (χ1n) is 9.05. The number of fused-ring (bicyclic) bond motifs is 1. The predicted octanol–water partition coefficient (Wildman–Crippen LogP) is 0.828. The van der Waals surface area contributed by atoms with E-state index in [9.17, 15) is 13.2 Å². The maximum absolute atomic E-state index is 12.8. The molecule has 0 bridgehead atoms. The topological polar surface area (TPSA) is 73.3 Å². The standard InChI is InChI=1S/C19H22N4O3S/c24-19(17-6-7-18-20-27(25,26)13-12-23(18)15-17)22-10-8-21(9-11-22)14-16-4-2-1-3-5-16/h1-7,15H,8-14H2. The molecular formula is C19H22N4O3S. The molecule has 1 fully saturated rings. The average molecular weight is 386 g/mol. The van der Waals surface area contributed by atoms with E-state index in [-0.39, 0.29) is 11.7 Å². The number of rotatable bonds is 3. The number of piperazine rings is 1. The zero-order valence-electron chi connectivity index (χ0n) is 15.0. The van der Waals surface area contributed by atoms with Crippen molar-refractivity contribution in [3.8, 4) is 0 Å². The molecule has 1 amide bonds. The van der Waals surface area contributed by atoms with Crippen LogP contribution in [0.4, 0.5) is 0 Å². The molecule has 8 heteroatoms. The Morgan fingerprint density at radius 2 is 1.74 bits per heavy atom. The van der Waals surface area contributed by atoms with Gasteiger partial charge in [0, 0.05) is 45.5 Å². The number of hydrogen-bond acceptors (Lipinski definition) is 5. The maximum Gasteiger partial charge on any atom is 0.256 e. The monoisotopic (exact) mass is 386 g/mol. The fraction of sp³-hybridized carbons (Fsp3) is 0.368. The predicted molar refractivity (Wildman–Crippen MR) is 103 cm³/mol. The van der Waals surface area contributed by atoms with Gasteiger partial charge in [0.1, 0.15) is 5.84 Å². The molecule has 1 aromatic carbocycles. The highest BCUT2D eigenvalue weighted by molar-refractivity contribution is 7.90. The Labute approximate surface area is 159 Å². The second kappa shape index (κ2) is 7.28. The largest absolute Gasteiger partial charge is 0.336 e. The van der Waals surface area contributed by atoms with E-state index in [4.69, 9.17) is 0 Å². The van der Waals surface area contributed by atoms with Crippen LogP contribution in [0.5, 0.6) is 0 Å². The lowest BCUT2D eigenvalue weighted by molar-refractivity contribution is -0.128. The summed E-state index contributed by atoms with van der Waals surface area (Å²) in [6.45, 7) is 4.28. The number of nitrogens with zero attached hydrogens (tertiary/aromatic N) is 4. The molecular weight excluding hydrogens is 364 g/mol. The summed E-state index contributed by atoms with van der Waals surface area (Å²) in [6.07, 6.45) is 4.98. The summed E-state index contributed by atoms with van der Waals surface area (Å²) in [4.78, 5) is 18.8. The van der Waals surface area contributed by atoms with Gasteiger partial charge < -0.3 is 9.80 Å². The number of amides is 1. The number of benzene rings is 1. The first kappa shape index (κ1) is 17.9. The van der Waals surface area contributed by atoms with E-state index in [2.05, 4.69) is 21.4 Å². The Kier molecular flexibility index (Phi) is 4.84. The van der Waals surface area contributed by atoms with E-state index in [1.54, 1.807) is 23.3 Å². The van der Waals surface area contributed by atoms with Crippen molar-refractivity contribution in [1.29, 1.82) is 0 Å². The van der Waals surface area contributed by atoms with Crippen LogP contribution in [-0.2, 0) is 21.4 Å². The molecule has 142 valence electrons. The van der Waals surface area contributed by atoms with Crippen molar-refractivity contribution in [1.82, 2.24) is 14.7 Å². The summed E-state index contributed by atoms with van der Waals surface area (Å²) < 4.78 is 26.9. The Balaban J connectivity index is 1.36. The molecule has 0 aliphatic carbocycles. The van der Waals surface area contributed by atoms with Crippen LogP contribution in [0.3, 0.4) is 0 Å². The molecule has 0 saturated carbocycles. The van der Waals surface area contributed by atoms with Crippen LogP contribution in [0.1, 0.15) is 5.56 Å². The van der Waals surface area contributed by atoms with E-state index < -0.39 is 10.0 Å². The van der Waals surface area contributed by atoms with E-state index in [1.807, 2.05) is 23.1 Å². The highest BCUT2D eigenvalue weighted by Gasteiger charge is 2.28. The number of carbonyl (C=O) groups excluding carboxylic acids is 1. The molecule has 0 unspecified atom stereocenters. The molecule has 1 saturated heterocycles. The van der Waals surface area contributed by atoms with Crippen LogP contribution in [0, 0.1) is 0 Å². The molecule has 3 aliphatic heterocycles. The van der Waals surface area contributed by atoms with E-state index in [1.165, 1.54) is 5.56 Å². The molecule has 1 aromatic rings. The van der Waals surface area contributed by atoms with Crippen LogP contribution in [0.25, 0.3) is 0 Å². The summed E-state index contributed by atoms with van der Waals surface area (Å²) in [5.74, 6) is 0.337. The Hall–Kier alpha value is -2.45. The highest BCUT2D eigenvalue weighted by atomic mass is 32.2. The number of carbonyl (C=O) groups is 1. The molecule has 0 spiro atoms. The van der Waals surface area contributed by atoms with Gasteiger partial charge in [0.05, 0.1) is 11.3 Å².